The lowest BCUT2D eigenvalue weighted by Crippen LogP contribution is -2.35. The van der Waals surface area contributed by atoms with Crippen LogP contribution in [-0.4, -0.2) is 25.4 Å². The van der Waals surface area contributed by atoms with E-state index in [1.807, 2.05) is 0 Å². The van der Waals surface area contributed by atoms with E-state index in [0.29, 0.717) is 12.2 Å². The molecule has 2 rings (SSSR count). The third-order valence-electron chi connectivity index (χ3n) is 3.86. The summed E-state index contributed by atoms with van der Waals surface area (Å²) in [6.45, 7) is 8.73. The molecular weight excluding hydrogens is 188 g/mol. The van der Waals surface area contributed by atoms with Gasteiger partial charge in [0.05, 0.1) is 19.3 Å². The van der Waals surface area contributed by atoms with Crippen molar-refractivity contribution in [2.24, 2.45) is 17.8 Å². The van der Waals surface area contributed by atoms with Gasteiger partial charge >= 0.3 is 0 Å². The lowest BCUT2D eigenvalue weighted by atomic mass is 9.75. The fraction of sp³-hybridized carbons (Fsp3) is 1.00. The summed E-state index contributed by atoms with van der Waals surface area (Å²) in [5.74, 6) is 2.35. The van der Waals surface area contributed by atoms with Gasteiger partial charge in [0, 0.05) is 0 Å². The molecule has 0 bridgehead atoms. The molecule has 2 unspecified atom stereocenters. The lowest BCUT2D eigenvalue weighted by molar-refractivity contribution is -0.0430. The molecule has 0 amide bonds. The largest absolute Gasteiger partial charge is 0.375 e. The molecule has 0 aromatic carbocycles. The fourth-order valence-electron chi connectivity index (χ4n) is 2.70. The molecule has 0 spiro atoms. The van der Waals surface area contributed by atoms with Gasteiger partial charge in [0.15, 0.2) is 0 Å². The molecule has 0 radical (unpaired) electrons. The average Bonchev–Trinajstić information content (AvgIpc) is 2.97. The molecule has 1 aliphatic heterocycles. The van der Waals surface area contributed by atoms with Crippen molar-refractivity contribution in [3.8, 4) is 0 Å². The Kier molecular flexibility index (Phi) is 3.68. The van der Waals surface area contributed by atoms with Crippen molar-refractivity contribution in [1.82, 2.24) is 0 Å². The molecule has 2 fully saturated rings. The van der Waals surface area contributed by atoms with Gasteiger partial charge in [0.25, 0.3) is 0 Å². The second-order valence-electron chi connectivity index (χ2n) is 5.65. The summed E-state index contributed by atoms with van der Waals surface area (Å²) in [5.41, 5.74) is 0. The van der Waals surface area contributed by atoms with Crippen LogP contribution < -0.4 is 0 Å². The summed E-state index contributed by atoms with van der Waals surface area (Å²) < 4.78 is 11.2. The van der Waals surface area contributed by atoms with E-state index in [1.165, 1.54) is 19.3 Å². The first kappa shape index (κ1) is 11.4. The van der Waals surface area contributed by atoms with Crippen molar-refractivity contribution in [2.75, 3.05) is 13.2 Å². The smallest absolute Gasteiger partial charge is 0.104 e. The van der Waals surface area contributed by atoms with E-state index in [9.17, 15) is 0 Å². The van der Waals surface area contributed by atoms with Crippen LogP contribution in [0.5, 0.6) is 0 Å². The Bertz CT molecular complexity index is 199. The molecule has 0 N–H and O–H groups in total. The molecule has 0 aromatic heterocycles. The predicted octanol–water partition coefficient (Wildman–Crippen LogP) is 2.86. The van der Waals surface area contributed by atoms with Crippen molar-refractivity contribution in [2.45, 2.75) is 52.2 Å². The van der Waals surface area contributed by atoms with Crippen molar-refractivity contribution >= 4 is 0 Å². The Hall–Kier alpha value is -0.0800. The minimum absolute atomic E-state index is 0.412. The van der Waals surface area contributed by atoms with E-state index in [1.54, 1.807) is 0 Å². The van der Waals surface area contributed by atoms with Crippen LogP contribution in [0.3, 0.4) is 0 Å². The first-order chi connectivity index (χ1) is 7.16. The summed E-state index contributed by atoms with van der Waals surface area (Å²) in [7, 11) is 0. The third kappa shape index (κ3) is 3.18. The zero-order valence-electron chi connectivity index (χ0n) is 10.2. The van der Waals surface area contributed by atoms with Crippen LogP contribution in [-0.2, 0) is 9.47 Å². The summed E-state index contributed by atoms with van der Waals surface area (Å²) in [6.07, 6.45) is 4.86. The van der Waals surface area contributed by atoms with E-state index < -0.39 is 0 Å². The molecule has 1 saturated heterocycles. The van der Waals surface area contributed by atoms with Gasteiger partial charge in [-0.25, -0.2) is 0 Å². The van der Waals surface area contributed by atoms with Gasteiger partial charge in [-0.15, -0.1) is 0 Å². The normalized spacial score (nSPS) is 40.8. The standard InChI is InChI=1S/C13H24O2/c1-9(2)12-5-4-10(3)6-13(12)15-8-11-7-14-11/h9-13H,4-8H2,1-3H3/t10-,11?,12?,13-/m1/s1. The highest BCUT2D eigenvalue weighted by Crippen LogP contribution is 2.35. The zero-order chi connectivity index (χ0) is 10.8. The third-order valence-corrected chi connectivity index (χ3v) is 3.86. The summed E-state index contributed by atoms with van der Waals surface area (Å²) in [6, 6.07) is 0. The summed E-state index contributed by atoms with van der Waals surface area (Å²) in [4.78, 5) is 0. The van der Waals surface area contributed by atoms with Crippen LogP contribution in [0.1, 0.15) is 40.0 Å². The van der Waals surface area contributed by atoms with E-state index >= 15 is 0 Å². The fourth-order valence-corrected chi connectivity index (χ4v) is 2.70. The Morgan fingerprint density at radius 2 is 2.07 bits per heavy atom. The molecular formula is C13H24O2. The van der Waals surface area contributed by atoms with Crippen molar-refractivity contribution in [3.63, 3.8) is 0 Å². The number of hydrogen-bond acceptors (Lipinski definition) is 2. The van der Waals surface area contributed by atoms with Crippen LogP contribution in [0.4, 0.5) is 0 Å². The highest BCUT2D eigenvalue weighted by atomic mass is 16.6. The van der Waals surface area contributed by atoms with Gasteiger partial charge in [-0.2, -0.15) is 0 Å². The Morgan fingerprint density at radius 1 is 1.33 bits per heavy atom. The van der Waals surface area contributed by atoms with Gasteiger partial charge in [-0.05, 0) is 30.6 Å². The van der Waals surface area contributed by atoms with Gasteiger partial charge < -0.3 is 9.47 Å². The van der Waals surface area contributed by atoms with Crippen molar-refractivity contribution < 1.29 is 9.47 Å². The monoisotopic (exact) mass is 212 g/mol. The average molecular weight is 212 g/mol. The van der Waals surface area contributed by atoms with E-state index in [-0.39, 0.29) is 0 Å². The van der Waals surface area contributed by atoms with Gasteiger partial charge in [0.2, 0.25) is 0 Å². The van der Waals surface area contributed by atoms with Crippen molar-refractivity contribution in [3.05, 3.63) is 0 Å². The summed E-state index contributed by atoms with van der Waals surface area (Å²) >= 11 is 0. The number of hydrogen-bond donors (Lipinski definition) is 0. The van der Waals surface area contributed by atoms with Crippen molar-refractivity contribution in [1.29, 1.82) is 0 Å². The van der Waals surface area contributed by atoms with Crippen LogP contribution >= 0.6 is 0 Å². The maximum absolute atomic E-state index is 6.03. The highest BCUT2D eigenvalue weighted by Gasteiger charge is 2.33. The quantitative estimate of drug-likeness (QED) is 0.668. The van der Waals surface area contributed by atoms with E-state index in [0.717, 1.165) is 31.0 Å². The molecule has 1 heterocycles. The Morgan fingerprint density at radius 3 is 2.67 bits per heavy atom. The molecule has 0 aromatic rings. The minimum Gasteiger partial charge on any atom is -0.375 e. The van der Waals surface area contributed by atoms with Crippen LogP contribution in [0.15, 0.2) is 0 Å². The number of ether oxygens (including phenoxy) is 2. The van der Waals surface area contributed by atoms with Crippen LogP contribution in [0, 0.1) is 17.8 Å². The molecule has 88 valence electrons. The second-order valence-corrected chi connectivity index (χ2v) is 5.65. The molecule has 4 atom stereocenters. The summed E-state index contributed by atoms with van der Waals surface area (Å²) in [5, 5.41) is 0. The van der Waals surface area contributed by atoms with Gasteiger partial charge in [-0.3, -0.25) is 0 Å². The second kappa shape index (κ2) is 4.84. The topological polar surface area (TPSA) is 21.8 Å². The number of rotatable bonds is 4. The van der Waals surface area contributed by atoms with E-state index in [2.05, 4.69) is 20.8 Å². The minimum atomic E-state index is 0.412. The molecule has 2 heteroatoms. The Balaban J connectivity index is 1.83. The van der Waals surface area contributed by atoms with Crippen LogP contribution in [0.25, 0.3) is 0 Å². The van der Waals surface area contributed by atoms with Crippen LogP contribution in [0.2, 0.25) is 0 Å². The van der Waals surface area contributed by atoms with Gasteiger partial charge in [0.1, 0.15) is 6.10 Å². The Labute approximate surface area is 93.3 Å². The van der Waals surface area contributed by atoms with E-state index in [4.69, 9.17) is 9.47 Å². The predicted molar refractivity (Wildman–Crippen MR) is 60.8 cm³/mol. The molecule has 2 nitrogen and oxygen atoms in total. The number of epoxide rings is 1. The maximum Gasteiger partial charge on any atom is 0.104 e. The molecule has 15 heavy (non-hydrogen) atoms. The molecule has 1 saturated carbocycles. The molecule has 1 aliphatic carbocycles. The lowest BCUT2D eigenvalue weighted by Gasteiger charge is -2.37. The first-order valence-corrected chi connectivity index (χ1v) is 6.40. The molecule has 2 aliphatic rings. The zero-order valence-corrected chi connectivity index (χ0v) is 10.2. The SMILES string of the molecule is CC(C)C1CC[C@@H](C)C[C@H]1OCC1CO1. The van der Waals surface area contributed by atoms with Gasteiger partial charge in [-0.1, -0.05) is 27.2 Å². The first-order valence-electron chi connectivity index (χ1n) is 6.40. The maximum atomic E-state index is 6.03. The highest BCUT2D eigenvalue weighted by molar-refractivity contribution is 4.82.